The standard InChI is InChI=1S/C8H5N3O/c1-2-6-8(12-4-11-6)7-5(1)9-3-10-7/h1-4H,(H,9,10). The van der Waals surface area contributed by atoms with Crippen LogP contribution in [0.4, 0.5) is 0 Å². The molecule has 4 heteroatoms. The molecule has 0 fully saturated rings. The van der Waals surface area contributed by atoms with E-state index in [-0.39, 0.29) is 0 Å². The molecule has 3 aromatic rings. The number of aromatic nitrogens is 3. The van der Waals surface area contributed by atoms with Crippen molar-refractivity contribution in [1.82, 2.24) is 15.0 Å². The van der Waals surface area contributed by atoms with Crippen LogP contribution in [-0.4, -0.2) is 15.0 Å². The Bertz CT molecular complexity index is 487. The van der Waals surface area contributed by atoms with E-state index in [1.165, 1.54) is 6.39 Å². The Balaban J connectivity index is 2.71. The minimum atomic E-state index is 0.744. The first-order valence-corrected chi connectivity index (χ1v) is 3.60. The monoisotopic (exact) mass is 159 g/mol. The number of imidazole rings is 1. The number of benzene rings is 1. The zero-order chi connectivity index (χ0) is 7.97. The van der Waals surface area contributed by atoms with E-state index in [0.29, 0.717) is 0 Å². The summed E-state index contributed by atoms with van der Waals surface area (Å²) < 4.78 is 5.20. The third kappa shape index (κ3) is 0.567. The molecule has 1 aromatic carbocycles. The van der Waals surface area contributed by atoms with Gasteiger partial charge in [-0.15, -0.1) is 0 Å². The van der Waals surface area contributed by atoms with E-state index >= 15 is 0 Å². The number of aromatic amines is 1. The number of hydrogen-bond donors (Lipinski definition) is 1. The molecule has 0 saturated carbocycles. The quantitative estimate of drug-likeness (QED) is 0.543. The molecule has 3 rings (SSSR count). The van der Waals surface area contributed by atoms with Crippen LogP contribution in [0.2, 0.25) is 0 Å². The van der Waals surface area contributed by atoms with Crippen LogP contribution in [0.1, 0.15) is 0 Å². The van der Waals surface area contributed by atoms with Gasteiger partial charge in [0.15, 0.2) is 12.0 Å². The average molecular weight is 159 g/mol. The van der Waals surface area contributed by atoms with Crippen molar-refractivity contribution in [2.45, 2.75) is 0 Å². The molecule has 0 spiro atoms. The molecule has 0 aliphatic heterocycles. The Morgan fingerprint density at radius 2 is 2.25 bits per heavy atom. The topological polar surface area (TPSA) is 54.7 Å². The van der Waals surface area contributed by atoms with Crippen LogP contribution in [0.15, 0.2) is 29.3 Å². The predicted octanol–water partition coefficient (Wildman–Crippen LogP) is 1.70. The lowest BCUT2D eigenvalue weighted by Crippen LogP contribution is -1.70. The van der Waals surface area contributed by atoms with E-state index in [0.717, 1.165) is 22.1 Å². The Kier molecular flexibility index (Phi) is 0.889. The first kappa shape index (κ1) is 5.77. The van der Waals surface area contributed by atoms with Crippen LogP contribution in [0.5, 0.6) is 0 Å². The molecule has 58 valence electrons. The molecule has 0 radical (unpaired) electrons. The Morgan fingerprint density at radius 1 is 1.25 bits per heavy atom. The highest BCUT2D eigenvalue weighted by Crippen LogP contribution is 2.20. The van der Waals surface area contributed by atoms with Gasteiger partial charge in [-0.2, -0.15) is 0 Å². The molecule has 1 N–H and O–H groups in total. The molecule has 2 heterocycles. The lowest BCUT2D eigenvalue weighted by molar-refractivity contribution is 0.604. The summed E-state index contributed by atoms with van der Waals surface area (Å²) in [5, 5.41) is 0. The normalized spacial score (nSPS) is 11.3. The lowest BCUT2D eigenvalue weighted by Gasteiger charge is -1.86. The number of nitrogens with zero attached hydrogens (tertiary/aromatic N) is 2. The largest absolute Gasteiger partial charge is 0.441 e. The molecule has 0 saturated heterocycles. The highest BCUT2D eigenvalue weighted by Gasteiger charge is 2.05. The number of hydrogen-bond acceptors (Lipinski definition) is 3. The molecule has 0 aliphatic rings. The smallest absolute Gasteiger partial charge is 0.182 e. The van der Waals surface area contributed by atoms with Crippen molar-refractivity contribution >= 4 is 22.1 Å². The first-order chi connectivity index (χ1) is 5.95. The number of rotatable bonds is 0. The summed E-state index contributed by atoms with van der Waals surface area (Å²) in [5.41, 5.74) is 3.40. The van der Waals surface area contributed by atoms with Crippen LogP contribution >= 0.6 is 0 Å². The van der Waals surface area contributed by atoms with E-state index in [1.54, 1.807) is 6.33 Å². The summed E-state index contributed by atoms with van der Waals surface area (Å²) in [6.45, 7) is 0. The second-order valence-electron chi connectivity index (χ2n) is 2.56. The zero-order valence-corrected chi connectivity index (χ0v) is 6.11. The summed E-state index contributed by atoms with van der Waals surface area (Å²) in [6, 6.07) is 3.84. The summed E-state index contributed by atoms with van der Waals surface area (Å²) in [6.07, 6.45) is 3.07. The van der Waals surface area contributed by atoms with E-state index in [4.69, 9.17) is 4.42 Å². The maximum absolute atomic E-state index is 5.20. The van der Waals surface area contributed by atoms with E-state index in [2.05, 4.69) is 15.0 Å². The number of oxazole rings is 1. The van der Waals surface area contributed by atoms with Crippen LogP contribution in [0.3, 0.4) is 0 Å². The molecule has 0 unspecified atom stereocenters. The zero-order valence-electron chi connectivity index (χ0n) is 6.11. The van der Waals surface area contributed by atoms with Gasteiger partial charge in [0, 0.05) is 0 Å². The fourth-order valence-corrected chi connectivity index (χ4v) is 1.33. The van der Waals surface area contributed by atoms with Gasteiger partial charge in [0.25, 0.3) is 0 Å². The van der Waals surface area contributed by atoms with Crippen LogP contribution in [0.25, 0.3) is 22.1 Å². The van der Waals surface area contributed by atoms with E-state index in [9.17, 15) is 0 Å². The minimum absolute atomic E-state index is 0.744. The third-order valence-electron chi connectivity index (χ3n) is 1.89. The summed E-state index contributed by atoms with van der Waals surface area (Å²) in [4.78, 5) is 11.2. The van der Waals surface area contributed by atoms with Gasteiger partial charge in [0.2, 0.25) is 0 Å². The highest BCUT2D eigenvalue weighted by atomic mass is 16.3. The van der Waals surface area contributed by atoms with Gasteiger partial charge in [-0.3, -0.25) is 0 Å². The first-order valence-electron chi connectivity index (χ1n) is 3.60. The molecule has 0 atom stereocenters. The van der Waals surface area contributed by atoms with Gasteiger partial charge < -0.3 is 9.40 Å². The van der Waals surface area contributed by atoms with Gasteiger partial charge in [-0.05, 0) is 12.1 Å². The number of H-pyrrole nitrogens is 1. The van der Waals surface area contributed by atoms with Crippen molar-refractivity contribution in [3.8, 4) is 0 Å². The molecular weight excluding hydrogens is 154 g/mol. The van der Waals surface area contributed by atoms with Crippen molar-refractivity contribution < 1.29 is 4.42 Å². The minimum Gasteiger partial charge on any atom is -0.441 e. The lowest BCUT2D eigenvalue weighted by atomic mass is 10.3. The van der Waals surface area contributed by atoms with Crippen LogP contribution in [-0.2, 0) is 0 Å². The SMILES string of the molecule is c1nc2c(ccc3ncoc32)[nH]1. The third-order valence-corrected chi connectivity index (χ3v) is 1.89. The molecule has 0 aliphatic carbocycles. The predicted molar refractivity (Wildman–Crippen MR) is 43.7 cm³/mol. The maximum atomic E-state index is 5.20. The molecule has 0 bridgehead atoms. The van der Waals surface area contributed by atoms with Crippen molar-refractivity contribution in [3.05, 3.63) is 24.9 Å². The number of fused-ring (bicyclic) bond motifs is 3. The fraction of sp³-hybridized carbons (Fsp3) is 0. The molecule has 2 aromatic heterocycles. The van der Waals surface area contributed by atoms with E-state index < -0.39 is 0 Å². The van der Waals surface area contributed by atoms with E-state index in [1.807, 2.05) is 12.1 Å². The van der Waals surface area contributed by atoms with Gasteiger partial charge >= 0.3 is 0 Å². The Hall–Kier alpha value is -1.84. The van der Waals surface area contributed by atoms with Crippen LogP contribution < -0.4 is 0 Å². The van der Waals surface area contributed by atoms with Gasteiger partial charge in [0.1, 0.15) is 11.0 Å². The van der Waals surface area contributed by atoms with Gasteiger partial charge in [0.05, 0.1) is 11.8 Å². The fourth-order valence-electron chi connectivity index (χ4n) is 1.33. The van der Waals surface area contributed by atoms with Crippen molar-refractivity contribution in [1.29, 1.82) is 0 Å². The van der Waals surface area contributed by atoms with Gasteiger partial charge in [-0.1, -0.05) is 0 Å². The maximum Gasteiger partial charge on any atom is 0.182 e. The second-order valence-corrected chi connectivity index (χ2v) is 2.56. The summed E-state index contributed by atoms with van der Waals surface area (Å²) in [7, 11) is 0. The Morgan fingerprint density at radius 3 is 3.25 bits per heavy atom. The average Bonchev–Trinajstić information content (AvgIpc) is 2.71. The number of nitrogens with one attached hydrogen (secondary N) is 1. The highest BCUT2D eigenvalue weighted by molar-refractivity contribution is 5.98. The van der Waals surface area contributed by atoms with Gasteiger partial charge in [-0.25, -0.2) is 9.97 Å². The molecular formula is C8H5N3O. The van der Waals surface area contributed by atoms with Crippen molar-refractivity contribution in [2.24, 2.45) is 0 Å². The Labute approximate surface area is 67.2 Å². The van der Waals surface area contributed by atoms with Crippen molar-refractivity contribution in [3.63, 3.8) is 0 Å². The van der Waals surface area contributed by atoms with Crippen LogP contribution in [0, 0.1) is 0 Å². The second kappa shape index (κ2) is 1.85. The molecule has 4 nitrogen and oxygen atoms in total. The molecule has 12 heavy (non-hydrogen) atoms. The summed E-state index contributed by atoms with van der Waals surface area (Å²) in [5.74, 6) is 0. The summed E-state index contributed by atoms with van der Waals surface area (Å²) >= 11 is 0. The van der Waals surface area contributed by atoms with Crippen molar-refractivity contribution in [2.75, 3.05) is 0 Å². The molecule has 0 amide bonds.